The summed E-state index contributed by atoms with van der Waals surface area (Å²) in [6.07, 6.45) is 0.983. The Morgan fingerprint density at radius 3 is 2.41 bits per heavy atom. The van der Waals surface area contributed by atoms with E-state index in [4.69, 9.17) is 15.2 Å². The van der Waals surface area contributed by atoms with Crippen molar-refractivity contribution in [2.75, 3.05) is 40.9 Å². The van der Waals surface area contributed by atoms with Crippen molar-refractivity contribution in [3.05, 3.63) is 23.8 Å². The summed E-state index contributed by atoms with van der Waals surface area (Å²) in [5, 5.41) is 0. The Kier molecular flexibility index (Phi) is 5.80. The molecule has 4 nitrogen and oxygen atoms in total. The molecule has 0 fully saturated rings. The van der Waals surface area contributed by atoms with Gasteiger partial charge in [-0.2, -0.15) is 0 Å². The number of hydrogen-bond donors (Lipinski definition) is 1. The number of rotatable bonds is 7. The minimum Gasteiger partial charge on any atom is -0.493 e. The van der Waals surface area contributed by atoms with Gasteiger partial charge in [-0.25, -0.2) is 0 Å². The number of likely N-dealkylation sites (N-methyl/N-ethyl adjacent to an activating group) is 1. The highest BCUT2D eigenvalue weighted by Crippen LogP contribution is 2.27. The third-order valence-corrected chi connectivity index (χ3v) is 2.74. The number of benzene rings is 1. The highest BCUT2D eigenvalue weighted by atomic mass is 16.5. The highest BCUT2D eigenvalue weighted by Gasteiger charge is 2.05. The molecule has 0 aliphatic rings. The number of hydrogen-bond acceptors (Lipinski definition) is 4. The van der Waals surface area contributed by atoms with Crippen molar-refractivity contribution in [2.45, 2.75) is 6.42 Å². The maximum Gasteiger partial charge on any atom is 0.160 e. The molecule has 96 valence electrons. The minimum atomic E-state index is 0.697. The monoisotopic (exact) mass is 238 g/mol. The average Bonchev–Trinajstić information content (AvgIpc) is 2.36. The van der Waals surface area contributed by atoms with Gasteiger partial charge in [-0.1, -0.05) is 6.07 Å². The first-order valence-electron chi connectivity index (χ1n) is 5.80. The molecule has 0 saturated heterocycles. The van der Waals surface area contributed by atoms with Gasteiger partial charge < -0.3 is 20.1 Å². The molecule has 0 heterocycles. The molecule has 0 spiro atoms. The van der Waals surface area contributed by atoms with Gasteiger partial charge in [-0.15, -0.1) is 0 Å². The molecular formula is C13H22N2O2. The number of ether oxygens (including phenoxy) is 2. The fourth-order valence-corrected chi connectivity index (χ4v) is 1.69. The Labute approximate surface area is 103 Å². The molecule has 0 radical (unpaired) electrons. The van der Waals surface area contributed by atoms with Crippen molar-refractivity contribution in [1.82, 2.24) is 4.90 Å². The van der Waals surface area contributed by atoms with Crippen LogP contribution in [0.15, 0.2) is 18.2 Å². The number of nitrogens with two attached hydrogens (primary N) is 1. The first-order valence-corrected chi connectivity index (χ1v) is 5.80. The zero-order chi connectivity index (χ0) is 12.7. The van der Waals surface area contributed by atoms with Crippen LogP contribution in [-0.2, 0) is 6.42 Å². The minimum absolute atomic E-state index is 0.697. The molecular weight excluding hydrogens is 216 g/mol. The fourth-order valence-electron chi connectivity index (χ4n) is 1.69. The predicted molar refractivity (Wildman–Crippen MR) is 69.8 cm³/mol. The normalized spacial score (nSPS) is 10.6. The lowest BCUT2D eigenvalue weighted by molar-refractivity contribution is 0.344. The largest absolute Gasteiger partial charge is 0.493 e. The third kappa shape index (κ3) is 4.24. The Morgan fingerprint density at radius 2 is 1.82 bits per heavy atom. The molecule has 0 aromatic heterocycles. The zero-order valence-corrected chi connectivity index (χ0v) is 10.9. The van der Waals surface area contributed by atoms with E-state index in [1.54, 1.807) is 14.2 Å². The van der Waals surface area contributed by atoms with Crippen molar-refractivity contribution in [1.29, 1.82) is 0 Å². The van der Waals surface area contributed by atoms with Crippen LogP contribution < -0.4 is 15.2 Å². The summed E-state index contributed by atoms with van der Waals surface area (Å²) >= 11 is 0. The first-order chi connectivity index (χ1) is 8.21. The smallest absolute Gasteiger partial charge is 0.160 e. The summed E-state index contributed by atoms with van der Waals surface area (Å²) in [4.78, 5) is 2.22. The summed E-state index contributed by atoms with van der Waals surface area (Å²) in [5.74, 6) is 1.55. The van der Waals surface area contributed by atoms with Crippen LogP contribution in [0, 0.1) is 0 Å². The molecule has 0 aliphatic heterocycles. The molecule has 1 aromatic carbocycles. The van der Waals surface area contributed by atoms with Crippen molar-refractivity contribution < 1.29 is 9.47 Å². The van der Waals surface area contributed by atoms with Crippen molar-refractivity contribution in [3.8, 4) is 11.5 Å². The van der Waals surface area contributed by atoms with Gasteiger partial charge >= 0.3 is 0 Å². The van der Waals surface area contributed by atoms with E-state index >= 15 is 0 Å². The average molecular weight is 238 g/mol. The van der Waals surface area contributed by atoms with Crippen molar-refractivity contribution in [3.63, 3.8) is 0 Å². The number of methoxy groups -OCH3 is 2. The topological polar surface area (TPSA) is 47.7 Å². The van der Waals surface area contributed by atoms with Crippen molar-refractivity contribution in [2.24, 2.45) is 5.73 Å². The van der Waals surface area contributed by atoms with Gasteiger partial charge in [-0.3, -0.25) is 0 Å². The second kappa shape index (κ2) is 7.14. The van der Waals surface area contributed by atoms with E-state index in [-0.39, 0.29) is 0 Å². The van der Waals surface area contributed by atoms with Gasteiger partial charge in [0.15, 0.2) is 11.5 Å². The molecule has 2 N–H and O–H groups in total. The van der Waals surface area contributed by atoms with Gasteiger partial charge in [0, 0.05) is 19.6 Å². The Morgan fingerprint density at radius 1 is 1.12 bits per heavy atom. The summed E-state index contributed by atoms with van der Waals surface area (Å²) < 4.78 is 10.5. The van der Waals surface area contributed by atoms with E-state index in [0.717, 1.165) is 31.0 Å². The standard InChI is InChI=1S/C13H22N2O2/c1-15(9-7-14)8-6-11-4-5-12(16-2)13(10-11)17-3/h4-5,10H,6-9,14H2,1-3H3. The van der Waals surface area contributed by atoms with Crippen LogP contribution in [-0.4, -0.2) is 45.8 Å². The van der Waals surface area contributed by atoms with E-state index < -0.39 is 0 Å². The molecule has 0 saturated carbocycles. The highest BCUT2D eigenvalue weighted by molar-refractivity contribution is 5.42. The molecule has 0 amide bonds. The summed E-state index contributed by atoms with van der Waals surface area (Å²) in [6.45, 7) is 2.61. The quantitative estimate of drug-likeness (QED) is 0.774. The molecule has 0 bridgehead atoms. The van der Waals surface area contributed by atoms with Gasteiger partial charge in [0.05, 0.1) is 14.2 Å². The molecule has 1 aromatic rings. The molecule has 0 atom stereocenters. The predicted octanol–water partition coefficient (Wildman–Crippen LogP) is 1.14. The first kappa shape index (κ1) is 13.8. The van der Waals surface area contributed by atoms with Crippen LogP contribution in [0.2, 0.25) is 0 Å². The van der Waals surface area contributed by atoms with Crippen LogP contribution in [0.25, 0.3) is 0 Å². The Bertz CT molecular complexity index is 342. The second-order valence-corrected chi connectivity index (χ2v) is 4.03. The van der Waals surface area contributed by atoms with Crippen LogP contribution in [0.4, 0.5) is 0 Å². The maximum atomic E-state index is 5.50. The Balaban J connectivity index is 2.60. The lowest BCUT2D eigenvalue weighted by Gasteiger charge is -2.15. The van der Waals surface area contributed by atoms with Crippen LogP contribution in [0.3, 0.4) is 0 Å². The SMILES string of the molecule is COc1ccc(CCN(C)CCN)cc1OC. The lowest BCUT2D eigenvalue weighted by Crippen LogP contribution is -2.27. The Hall–Kier alpha value is -1.26. The fraction of sp³-hybridized carbons (Fsp3) is 0.538. The van der Waals surface area contributed by atoms with Gasteiger partial charge in [0.2, 0.25) is 0 Å². The molecule has 17 heavy (non-hydrogen) atoms. The van der Waals surface area contributed by atoms with E-state index in [2.05, 4.69) is 18.0 Å². The molecule has 0 aliphatic carbocycles. The summed E-state index contributed by atoms with van der Waals surface area (Å²) in [5.41, 5.74) is 6.75. The van der Waals surface area contributed by atoms with E-state index in [0.29, 0.717) is 6.54 Å². The van der Waals surface area contributed by atoms with Crippen LogP contribution >= 0.6 is 0 Å². The van der Waals surface area contributed by atoms with Gasteiger partial charge in [0.25, 0.3) is 0 Å². The zero-order valence-electron chi connectivity index (χ0n) is 10.9. The lowest BCUT2D eigenvalue weighted by atomic mass is 10.1. The van der Waals surface area contributed by atoms with Crippen LogP contribution in [0.1, 0.15) is 5.56 Å². The maximum absolute atomic E-state index is 5.50. The third-order valence-electron chi connectivity index (χ3n) is 2.74. The van der Waals surface area contributed by atoms with Gasteiger partial charge in [-0.05, 0) is 31.2 Å². The van der Waals surface area contributed by atoms with E-state index in [1.807, 2.05) is 12.1 Å². The van der Waals surface area contributed by atoms with Gasteiger partial charge in [0.1, 0.15) is 0 Å². The van der Waals surface area contributed by atoms with Crippen LogP contribution in [0.5, 0.6) is 11.5 Å². The van der Waals surface area contributed by atoms with E-state index in [1.165, 1.54) is 5.56 Å². The summed E-state index contributed by atoms with van der Waals surface area (Å²) in [7, 11) is 5.38. The van der Waals surface area contributed by atoms with Crippen molar-refractivity contribution >= 4 is 0 Å². The number of nitrogens with zero attached hydrogens (tertiary/aromatic N) is 1. The molecule has 1 rings (SSSR count). The summed E-state index contributed by atoms with van der Waals surface area (Å²) in [6, 6.07) is 6.03. The van der Waals surface area contributed by atoms with E-state index in [9.17, 15) is 0 Å². The molecule has 0 unspecified atom stereocenters. The molecule has 4 heteroatoms. The second-order valence-electron chi connectivity index (χ2n) is 4.03.